The van der Waals surface area contributed by atoms with Crippen LogP contribution in [0.2, 0.25) is 10.0 Å². The van der Waals surface area contributed by atoms with Gasteiger partial charge >= 0.3 is 11.9 Å². The van der Waals surface area contributed by atoms with E-state index < -0.39 is 60.2 Å². The van der Waals surface area contributed by atoms with Gasteiger partial charge in [0, 0.05) is 24.4 Å². The first-order chi connectivity index (χ1) is 24.4. The van der Waals surface area contributed by atoms with Gasteiger partial charge in [-0.15, -0.1) is 0 Å². The molecule has 0 fully saturated rings. The number of carboxylic acids is 1. The maximum Gasteiger partial charge on any atom is 0.341 e. The van der Waals surface area contributed by atoms with Crippen molar-refractivity contribution in [2.75, 3.05) is 6.61 Å². The van der Waals surface area contributed by atoms with Crippen LogP contribution < -0.4 is 10.6 Å². The average molecular weight is 734 g/mol. The average Bonchev–Trinajstić information content (AvgIpc) is 3.53. The number of ether oxygens (including phenoxy) is 1. The number of halogens is 2. The third kappa shape index (κ3) is 8.70. The molecule has 0 bridgehead atoms. The maximum atomic E-state index is 14.2. The lowest BCUT2D eigenvalue weighted by atomic mass is 9.84. The van der Waals surface area contributed by atoms with E-state index in [1.165, 1.54) is 18.2 Å². The molecule has 5 rings (SSSR count). The Morgan fingerprint density at radius 3 is 2.29 bits per heavy atom. The fraction of sp³-hybridized carbons (Fsp3) is 0.270. The van der Waals surface area contributed by atoms with Crippen LogP contribution in [0, 0.1) is 5.92 Å². The maximum absolute atomic E-state index is 14.2. The van der Waals surface area contributed by atoms with Gasteiger partial charge in [-0.25, -0.2) is 4.79 Å². The number of aliphatic carboxylic acids is 1. The predicted molar refractivity (Wildman–Crippen MR) is 190 cm³/mol. The van der Waals surface area contributed by atoms with E-state index in [-0.39, 0.29) is 34.4 Å². The third-order valence-corrected chi connectivity index (χ3v) is 8.96. The van der Waals surface area contributed by atoms with E-state index in [2.05, 4.69) is 20.8 Å². The number of amides is 2. The minimum Gasteiger partial charge on any atom is -0.481 e. The SMILES string of the molecule is CC(C)C(NC(=O)c1cccc2cccnc12)C1=NOC(Cc2ccccc2)(C(=O)N[C@@H](CC(=O)O)C(=O)COC(=O)c2c(Cl)cccc2Cl)C1. The highest BCUT2D eigenvalue weighted by molar-refractivity contribution is 6.39. The molecule has 0 saturated heterocycles. The quantitative estimate of drug-likeness (QED) is 0.143. The zero-order valence-electron chi connectivity index (χ0n) is 27.6. The van der Waals surface area contributed by atoms with Gasteiger partial charge in [0.25, 0.3) is 11.8 Å². The van der Waals surface area contributed by atoms with Crippen LogP contribution in [0.15, 0.2) is 90.2 Å². The Morgan fingerprint density at radius 1 is 0.922 bits per heavy atom. The van der Waals surface area contributed by atoms with Crippen molar-refractivity contribution < 1.29 is 38.7 Å². The standard InChI is InChI=1S/C37H34Cl2N4O8/c1-21(2)32(42-34(47)24-13-6-11-23-12-8-16-40-33(23)24)28-19-37(51-43-28,18-22-9-4-3-5-10-22)36(49)41-27(17-30(45)46)29(44)20-50-35(48)31-25(38)14-7-15-26(31)39/h3-16,21,27,32H,17-20H2,1-2H3,(H,41,49)(H,42,47)(H,45,46)/t27-,32?,37?/m0/s1. The van der Waals surface area contributed by atoms with Crippen molar-refractivity contribution >= 4 is 69.4 Å². The fourth-order valence-electron chi connectivity index (χ4n) is 5.75. The Bertz CT molecular complexity index is 1980. The molecule has 4 aromatic rings. The number of rotatable bonds is 14. The van der Waals surface area contributed by atoms with E-state index in [0.717, 1.165) is 5.39 Å². The number of benzene rings is 3. The molecule has 3 aromatic carbocycles. The van der Waals surface area contributed by atoms with Crippen LogP contribution in [0.3, 0.4) is 0 Å². The van der Waals surface area contributed by atoms with Gasteiger partial charge in [-0.3, -0.25) is 24.2 Å². The van der Waals surface area contributed by atoms with Gasteiger partial charge in [-0.05, 0) is 35.7 Å². The minimum atomic E-state index is -1.73. The molecule has 0 aliphatic carbocycles. The molecule has 0 radical (unpaired) electrons. The van der Waals surface area contributed by atoms with E-state index >= 15 is 0 Å². The number of hydrogen-bond donors (Lipinski definition) is 3. The van der Waals surface area contributed by atoms with E-state index in [1.807, 2.05) is 26.0 Å². The van der Waals surface area contributed by atoms with Crippen LogP contribution in [0.25, 0.3) is 10.9 Å². The number of pyridine rings is 1. The second-order valence-corrected chi connectivity index (χ2v) is 13.2. The molecule has 0 spiro atoms. The summed E-state index contributed by atoms with van der Waals surface area (Å²) in [5.74, 6) is -4.70. The third-order valence-electron chi connectivity index (χ3n) is 8.33. The van der Waals surface area contributed by atoms with Gasteiger partial charge in [0.15, 0.2) is 12.4 Å². The summed E-state index contributed by atoms with van der Waals surface area (Å²) >= 11 is 12.1. The van der Waals surface area contributed by atoms with Crippen LogP contribution in [0.5, 0.6) is 0 Å². The summed E-state index contributed by atoms with van der Waals surface area (Å²) in [6, 6.07) is 19.9. The Kier molecular flexibility index (Phi) is 11.7. The predicted octanol–water partition coefficient (Wildman–Crippen LogP) is 5.44. The second kappa shape index (κ2) is 16.1. The van der Waals surface area contributed by atoms with Crippen LogP contribution in [0.4, 0.5) is 0 Å². The van der Waals surface area contributed by atoms with Crippen molar-refractivity contribution in [3.05, 3.63) is 112 Å². The number of nitrogens with one attached hydrogen (secondary N) is 2. The van der Waals surface area contributed by atoms with Crippen molar-refractivity contribution in [3.63, 3.8) is 0 Å². The summed E-state index contributed by atoms with van der Waals surface area (Å²) in [6.45, 7) is 2.88. The molecule has 12 nitrogen and oxygen atoms in total. The number of esters is 1. The number of nitrogens with zero attached hydrogens (tertiary/aromatic N) is 2. The van der Waals surface area contributed by atoms with Crippen molar-refractivity contribution in [1.29, 1.82) is 0 Å². The Labute approximate surface area is 303 Å². The molecule has 2 heterocycles. The van der Waals surface area contributed by atoms with Crippen molar-refractivity contribution in [1.82, 2.24) is 15.6 Å². The number of hydrogen-bond acceptors (Lipinski definition) is 9. The smallest absolute Gasteiger partial charge is 0.341 e. The lowest BCUT2D eigenvalue weighted by Gasteiger charge is -2.29. The van der Waals surface area contributed by atoms with E-state index in [0.29, 0.717) is 22.4 Å². The van der Waals surface area contributed by atoms with Gasteiger partial charge in [0.2, 0.25) is 5.60 Å². The highest BCUT2D eigenvalue weighted by atomic mass is 35.5. The van der Waals surface area contributed by atoms with Crippen LogP contribution in [-0.2, 0) is 30.4 Å². The van der Waals surface area contributed by atoms with Crippen molar-refractivity contribution in [3.8, 4) is 0 Å². The fourth-order valence-corrected chi connectivity index (χ4v) is 6.30. The zero-order chi connectivity index (χ0) is 36.7. The van der Waals surface area contributed by atoms with Crippen molar-refractivity contribution in [2.24, 2.45) is 11.1 Å². The summed E-state index contributed by atoms with van der Waals surface area (Å²) < 4.78 is 5.12. The number of carboxylic acid groups (broad SMARTS) is 1. The number of fused-ring (bicyclic) bond motifs is 1. The number of oxime groups is 1. The first-order valence-corrected chi connectivity index (χ1v) is 16.7. The number of ketones is 1. The molecule has 2 amide bonds. The van der Waals surface area contributed by atoms with Crippen LogP contribution >= 0.6 is 23.2 Å². The molecule has 2 unspecified atom stereocenters. The largest absolute Gasteiger partial charge is 0.481 e. The van der Waals surface area contributed by atoms with Gasteiger partial charge in [-0.2, -0.15) is 0 Å². The molecule has 51 heavy (non-hydrogen) atoms. The summed E-state index contributed by atoms with van der Waals surface area (Å²) in [7, 11) is 0. The molecular formula is C37H34Cl2N4O8. The topological polar surface area (TPSA) is 173 Å². The lowest BCUT2D eigenvalue weighted by Crippen LogP contribution is -2.55. The van der Waals surface area contributed by atoms with Crippen molar-refractivity contribution in [2.45, 2.75) is 50.8 Å². The number of carbonyl (C=O) groups is 5. The second-order valence-electron chi connectivity index (χ2n) is 12.3. The Morgan fingerprint density at radius 2 is 1.61 bits per heavy atom. The van der Waals surface area contributed by atoms with E-state index in [1.54, 1.807) is 54.7 Å². The van der Waals surface area contributed by atoms with Crippen LogP contribution in [-0.4, -0.2) is 69.6 Å². The summed E-state index contributed by atoms with van der Waals surface area (Å²) in [5.41, 5.74) is 0.0547. The highest BCUT2D eigenvalue weighted by Crippen LogP contribution is 2.32. The normalized spacial score (nSPS) is 16.5. The Hall–Kier alpha value is -5.33. The molecular weight excluding hydrogens is 699 g/mol. The van der Waals surface area contributed by atoms with Crippen LogP contribution in [0.1, 0.15) is 53.0 Å². The molecule has 3 N–H and O–H groups in total. The number of para-hydroxylation sites is 1. The molecule has 14 heteroatoms. The van der Waals surface area contributed by atoms with Gasteiger partial charge in [-0.1, -0.05) is 96.8 Å². The highest BCUT2D eigenvalue weighted by Gasteiger charge is 2.49. The van der Waals surface area contributed by atoms with E-state index in [9.17, 15) is 29.1 Å². The zero-order valence-corrected chi connectivity index (χ0v) is 29.1. The Balaban J connectivity index is 1.36. The summed E-state index contributed by atoms with van der Waals surface area (Å²) in [6.07, 6.45) is 0.685. The first kappa shape index (κ1) is 36.9. The minimum absolute atomic E-state index is 0.00273. The molecule has 1 aliphatic rings. The molecule has 3 atom stereocenters. The summed E-state index contributed by atoms with van der Waals surface area (Å²) in [5, 5.41) is 20.2. The first-order valence-electron chi connectivity index (χ1n) is 16.0. The number of aromatic nitrogens is 1. The number of Topliss-reactive ketones (excluding diaryl/α,β-unsaturated/α-hetero) is 1. The van der Waals surface area contributed by atoms with Gasteiger partial charge < -0.3 is 25.3 Å². The molecule has 1 aromatic heterocycles. The van der Waals surface area contributed by atoms with E-state index in [4.69, 9.17) is 32.8 Å². The summed E-state index contributed by atoms with van der Waals surface area (Å²) in [4.78, 5) is 75.8. The van der Waals surface area contributed by atoms with Gasteiger partial charge in [0.1, 0.15) is 6.04 Å². The molecule has 1 aliphatic heterocycles. The lowest BCUT2D eigenvalue weighted by molar-refractivity contribution is -0.148. The monoisotopic (exact) mass is 732 g/mol. The molecule has 0 saturated carbocycles. The van der Waals surface area contributed by atoms with Gasteiger partial charge in [0.05, 0.1) is 44.9 Å². The molecule has 264 valence electrons. The number of carbonyl (C=O) groups excluding carboxylic acids is 4.